The topological polar surface area (TPSA) is 139 Å². The molecule has 0 spiro atoms. The SMILES string of the molecule is CNc1nc(NCc2cnn(Cc3cnc(C(F)(F)F)c(OC)c3)c2)nc(C)c1NC(=O)CC(C)O. The van der Waals surface area contributed by atoms with Crippen LogP contribution < -0.4 is 20.7 Å². The van der Waals surface area contributed by atoms with Gasteiger partial charge in [-0.3, -0.25) is 9.48 Å². The number of hydrogen-bond donors (Lipinski definition) is 4. The van der Waals surface area contributed by atoms with Crippen LogP contribution in [0.15, 0.2) is 24.7 Å². The van der Waals surface area contributed by atoms with Crippen LogP contribution in [0.1, 0.15) is 35.9 Å². The van der Waals surface area contributed by atoms with Gasteiger partial charge in [-0.05, 0) is 25.5 Å². The van der Waals surface area contributed by atoms with E-state index < -0.39 is 18.0 Å². The summed E-state index contributed by atoms with van der Waals surface area (Å²) in [7, 11) is 2.82. The van der Waals surface area contributed by atoms with Gasteiger partial charge in [0.05, 0.1) is 38.1 Å². The standard InChI is InChI=1S/C22H27F3N8O3/c1-12(34)5-17(35)31-18-13(2)30-21(32-20(18)26-3)28-8-15-9-29-33(11-15)10-14-6-16(36-4)19(27-7-14)22(23,24)25/h6-7,9,11-12,34H,5,8,10H2,1-4H3,(H,31,35)(H2,26,28,30,32). The molecule has 1 atom stereocenters. The lowest BCUT2D eigenvalue weighted by Crippen LogP contribution is -2.20. The van der Waals surface area contributed by atoms with Crippen molar-refractivity contribution in [2.75, 3.05) is 30.1 Å². The number of halogens is 3. The first-order valence-corrected chi connectivity index (χ1v) is 10.9. The Morgan fingerprint density at radius 3 is 2.64 bits per heavy atom. The third-order valence-corrected chi connectivity index (χ3v) is 4.95. The first-order valence-electron chi connectivity index (χ1n) is 10.9. The van der Waals surface area contributed by atoms with Crippen LogP contribution in [0.3, 0.4) is 0 Å². The molecule has 4 N–H and O–H groups in total. The monoisotopic (exact) mass is 508 g/mol. The minimum absolute atomic E-state index is 0.0537. The summed E-state index contributed by atoms with van der Waals surface area (Å²) in [4.78, 5) is 24.3. The number of amides is 1. The Hall–Kier alpha value is -3.94. The molecule has 3 aromatic rings. The van der Waals surface area contributed by atoms with E-state index in [1.54, 1.807) is 31.0 Å². The Labute approximate surface area is 205 Å². The van der Waals surface area contributed by atoms with Gasteiger partial charge in [0, 0.05) is 31.5 Å². The van der Waals surface area contributed by atoms with Gasteiger partial charge in [-0.1, -0.05) is 0 Å². The lowest BCUT2D eigenvalue weighted by molar-refractivity contribution is -0.142. The minimum atomic E-state index is -4.61. The van der Waals surface area contributed by atoms with Crippen molar-refractivity contribution in [2.45, 2.75) is 45.6 Å². The molecular formula is C22H27F3N8O3. The summed E-state index contributed by atoms with van der Waals surface area (Å²) in [6, 6.07) is 1.28. The van der Waals surface area contributed by atoms with Gasteiger partial charge >= 0.3 is 6.18 Å². The van der Waals surface area contributed by atoms with Crippen molar-refractivity contribution < 1.29 is 27.8 Å². The Kier molecular flexibility index (Phi) is 8.29. The van der Waals surface area contributed by atoms with Gasteiger partial charge in [-0.15, -0.1) is 0 Å². The number of rotatable bonds is 10. The fraction of sp³-hybridized carbons (Fsp3) is 0.409. The second-order valence-electron chi connectivity index (χ2n) is 8.00. The van der Waals surface area contributed by atoms with Crippen LogP contribution in [0.2, 0.25) is 0 Å². The molecule has 0 aliphatic rings. The summed E-state index contributed by atoms with van der Waals surface area (Å²) >= 11 is 0. The van der Waals surface area contributed by atoms with Crippen LogP contribution in [0.4, 0.5) is 30.6 Å². The van der Waals surface area contributed by atoms with E-state index in [0.717, 1.165) is 18.9 Å². The highest BCUT2D eigenvalue weighted by Crippen LogP contribution is 2.34. The number of aryl methyl sites for hydroxylation is 1. The smallest absolute Gasteiger partial charge is 0.437 e. The number of carbonyl (C=O) groups excluding carboxylic acids is 1. The Balaban J connectivity index is 1.66. The number of nitrogens with zero attached hydrogens (tertiary/aromatic N) is 5. The molecule has 0 bridgehead atoms. The van der Waals surface area contributed by atoms with Gasteiger partial charge in [0.15, 0.2) is 11.5 Å². The van der Waals surface area contributed by atoms with Crippen LogP contribution in [-0.2, 0) is 24.1 Å². The van der Waals surface area contributed by atoms with Crippen LogP contribution in [0, 0.1) is 6.92 Å². The van der Waals surface area contributed by atoms with E-state index in [-0.39, 0.29) is 24.6 Å². The van der Waals surface area contributed by atoms with E-state index in [4.69, 9.17) is 4.74 Å². The van der Waals surface area contributed by atoms with Crippen molar-refractivity contribution in [3.05, 3.63) is 47.2 Å². The maximum Gasteiger partial charge on any atom is 0.437 e. The van der Waals surface area contributed by atoms with E-state index in [1.807, 2.05) is 0 Å². The highest BCUT2D eigenvalue weighted by Gasteiger charge is 2.36. The van der Waals surface area contributed by atoms with Gasteiger partial charge in [0.1, 0.15) is 11.4 Å². The van der Waals surface area contributed by atoms with E-state index >= 15 is 0 Å². The number of nitrogens with one attached hydrogen (secondary N) is 3. The number of aromatic nitrogens is 5. The zero-order valence-corrected chi connectivity index (χ0v) is 20.1. The molecule has 0 aromatic carbocycles. The van der Waals surface area contributed by atoms with Crippen LogP contribution in [0.25, 0.3) is 0 Å². The molecule has 0 aliphatic heterocycles. The first kappa shape index (κ1) is 26.7. The van der Waals surface area contributed by atoms with Gasteiger partial charge < -0.3 is 25.8 Å². The number of aliphatic hydroxyl groups excluding tert-OH is 1. The molecule has 194 valence electrons. The summed E-state index contributed by atoms with van der Waals surface area (Å²) in [5.41, 5.74) is 1.14. The predicted molar refractivity (Wildman–Crippen MR) is 126 cm³/mol. The molecule has 3 aromatic heterocycles. The second-order valence-corrected chi connectivity index (χ2v) is 8.00. The van der Waals surface area contributed by atoms with E-state index in [9.17, 15) is 23.1 Å². The first-order chi connectivity index (χ1) is 17.0. The number of anilines is 3. The average molecular weight is 509 g/mol. The predicted octanol–water partition coefficient (Wildman–Crippen LogP) is 2.82. The number of aliphatic hydroxyl groups is 1. The van der Waals surface area contributed by atoms with E-state index in [0.29, 0.717) is 35.3 Å². The quantitative estimate of drug-likeness (QED) is 0.326. The Morgan fingerprint density at radius 2 is 2.00 bits per heavy atom. The van der Waals surface area contributed by atoms with Crippen molar-refractivity contribution in [3.63, 3.8) is 0 Å². The Bertz CT molecular complexity index is 1210. The summed E-state index contributed by atoms with van der Waals surface area (Å²) < 4.78 is 45.4. The van der Waals surface area contributed by atoms with Crippen molar-refractivity contribution in [2.24, 2.45) is 0 Å². The number of pyridine rings is 1. The number of carbonyl (C=O) groups is 1. The van der Waals surface area contributed by atoms with E-state index in [1.165, 1.54) is 13.0 Å². The molecule has 0 saturated heterocycles. The molecule has 11 nitrogen and oxygen atoms in total. The lowest BCUT2D eigenvalue weighted by atomic mass is 10.2. The maximum atomic E-state index is 13.0. The third kappa shape index (κ3) is 6.81. The fourth-order valence-corrected chi connectivity index (χ4v) is 3.33. The van der Waals surface area contributed by atoms with Gasteiger partial charge in [-0.25, -0.2) is 9.97 Å². The molecule has 1 amide bonds. The van der Waals surface area contributed by atoms with Crippen LogP contribution in [0.5, 0.6) is 5.75 Å². The number of hydrogen-bond acceptors (Lipinski definition) is 9. The maximum absolute atomic E-state index is 13.0. The molecular weight excluding hydrogens is 481 g/mol. The number of ether oxygens (including phenoxy) is 1. The van der Waals surface area contributed by atoms with Crippen molar-refractivity contribution >= 4 is 23.4 Å². The summed E-state index contributed by atoms with van der Waals surface area (Å²) in [6.45, 7) is 3.76. The van der Waals surface area contributed by atoms with Gasteiger partial charge in [-0.2, -0.15) is 23.3 Å². The van der Waals surface area contributed by atoms with Crippen molar-refractivity contribution in [1.29, 1.82) is 0 Å². The van der Waals surface area contributed by atoms with Crippen molar-refractivity contribution in [3.8, 4) is 5.75 Å². The molecule has 0 aliphatic carbocycles. The molecule has 0 saturated carbocycles. The number of methoxy groups -OCH3 is 1. The van der Waals surface area contributed by atoms with Crippen molar-refractivity contribution in [1.82, 2.24) is 24.7 Å². The summed E-state index contributed by atoms with van der Waals surface area (Å²) in [6.07, 6.45) is -0.955. The largest absolute Gasteiger partial charge is 0.494 e. The average Bonchev–Trinajstić information content (AvgIpc) is 3.25. The molecule has 36 heavy (non-hydrogen) atoms. The zero-order chi connectivity index (χ0) is 26.5. The molecule has 1 unspecified atom stereocenters. The Morgan fingerprint density at radius 1 is 1.25 bits per heavy atom. The van der Waals surface area contributed by atoms with E-state index in [2.05, 4.69) is 36.0 Å². The summed E-state index contributed by atoms with van der Waals surface area (Å²) in [5, 5.41) is 22.3. The lowest BCUT2D eigenvalue weighted by Gasteiger charge is -2.15. The minimum Gasteiger partial charge on any atom is -0.494 e. The van der Waals surface area contributed by atoms with Crippen LogP contribution >= 0.6 is 0 Å². The third-order valence-electron chi connectivity index (χ3n) is 4.95. The fourth-order valence-electron chi connectivity index (χ4n) is 3.33. The molecule has 0 radical (unpaired) electrons. The molecule has 3 heterocycles. The highest BCUT2D eigenvalue weighted by atomic mass is 19.4. The highest BCUT2D eigenvalue weighted by molar-refractivity contribution is 5.94. The van der Waals surface area contributed by atoms with Crippen LogP contribution in [-0.4, -0.2) is 56.0 Å². The zero-order valence-electron chi connectivity index (χ0n) is 20.1. The molecule has 3 rings (SSSR count). The molecule has 14 heteroatoms. The number of alkyl halides is 3. The normalized spacial score (nSPS) is 12.2. The summed E-state index contributed by atoms with van der Waals surface area (Å²) in [5.74, 6) is 0.00721. The molecule has 0 fully saturated rings. The van der Waals surface area contributed by atoms with Gasteiger partial charge in [0.25, 0.3) is 0 Å². The second kappa shape index (κ2) is 11.2. The van der Waals surface area contributed by atoms with Gasteiger partial charge in [0.2, 0.25) is 11.9 Å².